The van der Waals surface area contributed by atoms with E-state index >= 15 is 0 Å². The highest BCUT2D eigenvalue weighted by atomic mass is 16.6. The van der Waals surface area contributed by atoms with Crippen molar-refractivity contribution in [3.63, 3.8) is 0 Å². The first-order valence-electron chi connectivity index (χ1n) is 1.55. The molecule has 35 valence electrons. The quantitative estimate of drug-likeness (QED) is 0.414. The summed E-state index contributed by atoms with van der Waals surface area (Å²) in [6, 6.07) is 0. The van der Waals surface area contributed by atoms with Crippen molar-refractivity contribution in [1.29, 1.82) is 0 Å². The second-order valence-electron chi connectivity index (χ2n) is 0.838. The molecule has 1 aliphatic heterocycles. The fourth-order valence-corrected chi connectivity index (χ4v) is 0.241. The molecule has 0 aromatic carbocycles. The largest absolute Gasteiger partial charge is 0.488 e. The van der Waals surface area contributed by atoms with Crippen molar-refractivity contribution >= 4 is 7.69 Å². The van der Waals surface area contributed by atoms with Crippen LogP contribution >= 0.6 is 0 Å². The summed E-state index contributed by atoms with van der Waals surface area (Å²) in [5.41, 5.74) is 0. The zero-order valence-corrected chi connectivity index (χ0v) is 3.52. The maximum Gasteiger partial charge on any atom is 0.488 e. The van der Waals surface area contributed by atoms with E-state index in [1.807, 2.05) is 0 Å². The Morgan fingerprint density at radius 2 is 1.67 bits per heavy atom. The lowest BCUT2D eigenvalue weighted by atomic mass is 10.4. The Morgan fingerprint density at radius 3 is 1.83 bits per heavy atom. The van der Waals surface area contributed by atoms with E-state index in [2.05, 4.69) is 9.31 Å². The lowest BCUT2D eigenvalue weighted by Gasteiger charge is -1.71. The van der Waals surface area contributed by atoms with Gasteiger partial charge in [-0.3, -0.25) is 0 Å². The van der Waals surface area contributed by atoms with Gasteiger partial charge in [0, 0.05) is 0 Å². The summed E-state index contributed by atoms with van der Waals surface area (Å²) in [4.78, 5) is 0. The molecule has 0 aromatic rings. The van der Waals surface area contributed by atoms with E-state index in [1.54, 1.807) is 0 Å². The minimum atomic E-state index is 0. The van der Waals surface area contributed by atoms with Gasteiger partial charge in [-0.25, -0.2) is 0 Å². The molecule has 1 radical (unpaired) electrons. The van der Waals surface area contributed by atoms with Crippen LogP contribution in [-0.2, 0) is 9.31 Å². The summed E-state index contributed by atoms with van der Waals surface area (Å²) in [5, 5.41) is 0. The van der Waals surface area contributed by atoms with Crippen LogP contribution in [0.25, 0.3) is 0 Å². The summed E-state index contributed by atoms with van der Waals surface area (Å²) >= 11 is 0. The average molecular weight is 87.9 g/mol. The van der Waals surface area contributed by atoms with Gasteiger partial charge in [0.1, 0.15) is 0 Å². The van der Waals surface area contributed by atoms with Crippen molar-refractivity contribution in [1.82, 2.24) is 6.15 Å². The first-order chi connectivity index (χ1) is 2.50. The SMILES string of the molecule is N.[B]1OCCO1. The summed E-state index contributed by atoms with van der Waals surface area (Å²) < 4.78 is 9.19. The molecule has 6 heavy (non-hydrogen) atoms. The van der Waals surface area contributed by atoms with Crippen LogP contribution in [0.4, 0.5) is 0 Å². The Hall–Kier alpha value is -0.0551. The highest BCUT2D eigenvalue weighted by Crippen LogP contribution is 1.82. The Balaban J connectivity index is 0.000000250. The minimum absolute atomic E-state index is 0. The maximum absolute atomic E-state index is 4.60. The van der Waals surface area contributed by atoms with Gasteiger partial charge in [-0.1, -0.05) is 0 Å². The van der Waals surface area contributed by atoms with Gasteiger partial charge in [0.25, 0.3) is 0 Å². The van der Waals surface area contributed by atoms with Crippen molar-refractivity contribution < 1.29 is 9.31 Å². The third kappa shape index (κ3) is 1.40. The standard InChI is InChI=1S/C2H4BO2.H3N/c1-2-5-3-4-1;/h1-2H2;1H3. The molecule has 0 unspecified atom stereocenters. The first kappa shape index (κ1) is 5.94. The Labute approximate surface area is 37.5 Å². The van der Waals surface area contributed by atoms with Crippen LogP contribution in [-0.4, -0.2) is 20.9 Å². The smallest absolute Gasteiger partial charge is 0.411 e. The molecule has 1 aliphatic rings. The Morgan fingerprint density at radius 1 is 1.17 bits per heavy atom. The van der Waals surface area contributed by atoms with Crippen LogP contribution < -0.4 is 6.15 Å². The second-order valence-corrected chi connectivity index (χ2v) is 0.838. The molecule has 0 aliphatic carbocycles. The molecule has 0 saturated carbocycles. The Kier molecular flexibility index (Phi) is 3.12. The fraction of sp³-hybridized carbons (Fsp3) is 1.00. The van der Waals surface area contributed by atoms with Crippen LogP contribution in [0.5, 0.6) is 0 Å². The normalized spacial score (nSPS) is 18.7. The van der Waals surface area contributed by atoms with E-state index < -0.39 is 0 Å². The fourth-order valence-electron chi connectivity index (χ4n) is 0.241. The molecule has 0 atom stereocenters. The van der Waals surface area contributed by atoms with Crippen molar-refractivity contribution in [2.24, 2.45) is 0 Å². The third-order valence-corrected chi connectivity index (χ3v) is 0.455. The van der Waals surface area contributed by atoms with Gasteiger partial charge in [0.2, 0.25) is 0 Å². The summed E-state index contributed by atoms with van der Waals surface area (Å²) in [5.74, 6) is 0. The predicted octanol–water partition coefficient (Wildman–Crippen LogP) is -0.271. The average Bonchev–Trinajstić information content (AvgIpc) is 1.76. The van der Waals surface area contributed by atoms with E-state index in [0.717, 1.165) is 13.2 Å². The number of rotatable bonds is 0. The number of hydrogen-bond acceptors (Lipinski definition) is 3. The highest BCUT2D eigenvalue weighted by Gasteiger charge is 1.99. The monoisotopic (exact) mass is 88.1 g/mol. The molecular weight excluding hydrogens is 80.8 g/mol. The third-order valence-electron chi connectivity index (χ3n) is 0.455. The topological polar surface area (TPSA) is 53.5 Å². The van der Waals surface area contributed by atoms with Crippen LogP contribution in [0.1, 0.15) is 0 Å². The van der Waals surface area contributed by atoms with Gasteiger partial charge in [-0.05, 0) is 0 Å². The van der Waals surface area contributed by atoms with Crippen molar-refractivity contribution in [2.45, 2.75) is 0 Å². The second kappa shape index (κ2) is 3.15. The summed E-state index contributed by atoms with van der Waals surface area (Å²) in [6.07, 6.45) is 0. The van der Waals surface area contributed by atoms with Crippen LogP contribution in [0, 0.1) is 0 Å². The molecule has 0 spiro atoms. The molecule has 1 heterocycles. The lowest BCUT2D eigenvalue weighted by Crippen LogP contribution is -1.83. The van der Waals surface area contributed by atoms with Gasteiger partial charge in [-0.2, -0.15) is 0 Å². The van der Waals surface area contributed by atoms with Gasteiger partial charge in [0.05, 0.1) is 13.2 Å². The van der Waals surface area contributed by atoms with Gasteiger partial charge < -0.3 is 15.5 Å². The van der Waals surface area contributed by atoms with Crippen LogP contribution in [0.2, 0.25) is 0 Å². The van der Waals surface area contributed by atoms with Crippen LogP contribution in [0.15, 0.2) is 0 Å². The van der Waals surface area contributed by atoms with Gasteiger partial charge >= 0.3 is 7.69 Å². The van der Waals surface area contributed by atoms with E-state index in [1.165, 1.54) is 7.69 Å². The zero-order chi connectivity index (χ0) is 3.54. The zero-order valence-electron chi connectivity index (χ0n) is 3.52. The van der Waals surface area contributed by atoms with E-state index in [9.17, 15) is 0 Å². The highest BCUT2D eigenvalue weighted by molar-refractivity contribution is 6.18. The molecule has 3 N–H and O–H groups in total. The molecular formula is C2H7BNO2. The molecule has 1 rings (SSSR count). The van der Waals surface area contributed by atoms with Crippen LogP contribution in [0.3, 0.4) is 0 Å². The van der Waals surface area contributed by atoms with Crippen molar-refractivity contribution in [3.05, 3.63) is 0 Å². The molecule has 0 aromatic heterocycles. The van der Waals surface area contributed by atoms with E-state index in [-0.39, 0.29) is 6.15 Å². The summed E-state index contributed by atoms with van der Waals surface area (Å²) in [7, 11) is 1.36. The molecule has 3 nitrogen and oxygen atoms in total. The Bertz CT molecular complexity index is 23.1. The van der Waals surface area contributed by atoms with Gasteiger partial charge in [-0.15, -0.1) is 0 Å². The predicted molar refractivity (Wildman–Crippen MR) is 22.7 cm³/mol. The molecule has 1 fully saturated rings. The van der Waals surface area contributed by atoms with Gasteiger partial charge in [0.15, 0.2) is 0 Å². The number of hydrogen-bond donors (Lipinski definition) is 1. The first-order valence-corrected chi connectivity index (χ1v) is 1.55. The van der Waals surface area contributed by atoms with Crippen molar-refractivity contribution in [2.75, 3.05) is 13.2 Å². The molecule has 4 heteroatoms. The summed E-state index contributed by atoms with van der Waals surface area (Å²) in [6.45, 7) is 1.44. The molecule has 1 saturated heterocycles. The maximum atomic E-state index is 4.60. The van der Waals surface area contributed by atoms with E-state index in [4.69, 9.17) is 0 Å². The minimum Gasteiger partial charge on any atom is -0.411 e. The van der Waals surface area contributed by atoms with E-state index in [0.29, 0.717) is 0 Å². The molecule has 0 bridgehead atoms. The van der Waals surface area contributed by atoms with Crippen molar-refractivity contribution in [3.8, 4) is 0 Å². The molecule has 0 amide bonds. The lowest BCUT2D eigenvalue weighted by molar-refractivity contribution is 0.365.